The molecule has 52 valence electrons. The third kappa shape index (κ3) is 742. The zero-order chi connectivity index (χ0) is 7.86. The fourth-order valence-corrected chi connectivity index (χ4v) is 0. The quantitative estimate of drug-likeness (QED) is 0.250. The van der Waals surface area contributed by atoms with Crippen LogP contribution in [0.15, 0.2) is 12.7 Å². The van der Waals surface area contributed by atoms with Crippen LogP contribution in [0.4, 0.5) is 0 Å². The van der Waals surface area contributed by atoms with Crippen molar-refractivity contribution in [1.29, 1.82) is 0 Å². The van der Waals surface area contributed by atoms with E-state index in [1.54, 1.807) is 0 Å². The molecule has 9 heavy (non-hydrogen) atoms. The van der Waals surface area contributed by atoms with Gasteiger partial charge in [-0.05, 0) is 6.08 Å². The lowest BCUT2D eigenvalue weighted by Gasteiger charge is -1.81. The van der Waals surface area contributed by atoms with Gasteiger partial charge in [-0.15, -0.1) is 0 Å². The molecule has 6 nitrogen and oxygen atoms in total. The lowest BCUT2D eigenvalue weighted by Crippen LogP contribution is -2.17. The van der Waals surface area contributed by atoms with Crippen molar-refractivity contribution < 1.29 is 15.0 Å². The monoisotopic (exact) mass is 133 g/mol. The smallest absolute Gasteiger partial charge is 0.0689 e. The minimum absolute atomic E-state index is 0.722. The molecule has 0 saturated carbocycles. The molecule has 0 atom stereocenters. The molecule has 0 amide bonds. The van der Waals surface area contributed by atoms with Gasteiger partial charge in [0.15, 0.2) is 0 Å². The molecular weight excluding hydrogens is 130 g/mol. The molecule has 0 radical (unpaired) electrons. The van der Waals surface area contributed by atoms with E-state index in [1.165, 1.54) is 0 Å². The van der Waals surface area contributed by atoms with Crippen molar-refractivity contribution in [3.05, 3.63) is 28.0 Å². The highest BCUT2D eigenvalue weighted by molar-refractivity contribution is 5.76. The molecule has 0 aromatic carbocycles. The normalized spacial score (nSPS) is 6.22. The summed E-state index contributed by atoms with van der Waals surface area (Å²) >= 11 is 0. The van der Waals surface area contributed by atoms with E-state index in [9.17, 15) is 0 Å². The number of nitrogens with zero attached hydrogens (tertiary/aromatic N) is 1. The second-order valence-electron chi connectivity index (χ2n) is 0.747. The Morgan fingerprint density at radius 3 is 1.67 bits per heavy atom. The van der Waals surface area contributed by atoms with Gasteiger partial charge in [0.2, 0.25) is 0 Å². The molecule has 0 aromatic heterocycles. The van der Waals surface area contributed by atoms with Crippen LogP contribution < -0.4 is 5.11 Å². The molecule has 0 N–H and O–H groups in total. The summed E-state index contributed by atoms with van der Waals surface area (Å²) in [4.78, 5) is 17.4. The fourth-order valence-electron chi connectivity index (χ4n) is 0. The summed E-state index contributed by atoms with van der Waals surface area (Å²) in [5.41, 5.74) is 0. The van der Waals surface area contributed by atoms with Gasteiger partial charge in [0.25, 0.3) is 0 Å². The maximum atomic E-state index is 9.14. The van der Waals surface area contributed by atoms with E-state index in [0.29, 0.717) is 0 Å². The Bertz CT molecular complexity index is 115. The van der Waals surface area contributed by atoms with Crippen LogP contribution in [0.25, 0.3) is 0 Å². The van der Waals surface area contributed by atoms with Gasteiger partial charge in [0.05, 0.1) is 11.1 Å². The summed E-state index contributed by atoms with van der Waals surface area (Å²) in [7, 11) is 0. The summed E-state index contributed by atoms with van der Waals surface area (Å²) in [6.45, 7) is 2.90. The van der Waals surface area contributed by atoms with Gasteiger partial charge >= 0.3 is 0 Å². The summed E-state index contributed by atoms with van der Waals surface area (Å²) in [6, 6.07) is 0. The number of carboxylic acids is 1. The van der Waals surface area contributed by atoms with Crippen molar-refractivity contribution in [3.63, 3.8) is 0 Å². The Balaban J connectivity index is 0. The maximum absolute atomic E-state index is 9.14. The third-order valence-electron chi connectivity index (χ3n) is 0.167. The molecule has 0 aliphatic heterocycles. The van der Waals surface area contributed by atoms with Crippen LogP contribution >= 0.6 is 0 Å². The molecule has 0 bridgehead atoms. The number of hydrogen-bond acceptors (Lipinski definition) is 5. The predicted molar refractivity (Wildman–Crippen MR) is 25.6 cm³/mol. The van der Waals surface area contributed by atoms with E-state index in [0.717, 1.165) is 6.08 Å². The highest BCUT2D eigenvalue weighted by atomic mass is 16.9. The fraction of sp³-hybridized carbons (Fsp3) is 0. The first-order chi connectivity index (χ1) is 4.00. The maximum Gasteiger partial charge on any atom is 0.0689 e. The molecule has 0 spiro atoms. The highest BCUT2D eigenvalue weighted by Gasteiger charge is 1.55. The van der Waals surface area contributed by atoms with Crippen molar-refractivity contribution in [1.82, 2.24) is 0 Å². The van der Waals surface area contributed by atoms with Crippen molar-refractivity contribution in [2.24, 2.45) is 0 Å². The summed E-state index contributed by atoms with van der Waals surface area (Å²) in [5, 5.41) is 23.9. The first-order valence-corrected chi connectivity index (χ1v) is 1.65. The molecule has 0 heterocycles. The van der Waals surface area contributed by atoms with E-state index < -0.39 is 11.1 Å². The minimum Gasteiger partial charge on any atom is -0.545 e. The van der Waals surface area contributed by atoms with E-state index in [1.807, 2.05) is 0 Å². The largest absolute Gasteiger partial charge is 0.545 e. The highest BCUT2D eigenvalue weighted by Crippen LogP contribution is 1.47. The number of carboxylic acid groups (broad SMARTS) is 1. The average Bonchev–Trinajstić information content (AvgIpc) is 1.65. The van der Waals surface area contributed by atoms with Gasteiger partial charge in [-0.1, -0.05) is 6.58 Å². The van der Waals surface area contributed by atoms with Crippen molar-refractivity contribution >= 4 is 5.97 Å². The molecule has 0 aromatic rings. The van der Waals surface area contributed by atoms with Gasteiger partial charge < -0.3 is 25.2 Å². The average molecular weight is 133 g/mol. The molecule has 0 unspecified atom stereocenters. The standard InChI is InChI=1S/C3H4O2.NO3/c1-2-3(4)5;2-1(3)4/h2H,1H2,(H,4,5);/q;-1/p-1. The SMILES string of the molecule is C=CC(=O)[O-].O=[N+]([O-])[O-]. The van der Waals surface area contributed by atoms with Crippen LogP contribution in [0.1, 0.15) is 0 Å². The van der Waals surface area contributed by atoms with E-state index in [4.69, 9.17) is 25.2 Å². The molecule has 0 fully saturated rings. The zero-order valence-electron chi connectivity index (χ0n) is 4.27. The van der Waals surface area contributed by atoms with Gasteiger partial charge in [0.1, 0.15) is 0 Å². The van der Waals surface area contributed by atoms with Crippen molar-refractivity contribution in [2.45, 2.75) is 0 Å². The first-order valence-electron chi connectivity index (χ1n) is 1.65. The van der Waals surface area contributed by atoms with Crippen molar-refractivity contribution in [3.8, 4) is 0 Å². The van der Waals surface area contributed by atoms with Crippen LogP contribution in [-0.2, 0) is 4.79 Å². The zero-order valence-corrected chi connectivity index (χ0v) is 4.27. The van der Waals surface area contributed by atoms with Crippen molar-refractivity contribution in [2.75, 3.05) is 0 Å². The van der Waals surface area contributed by atoms with Gasteiger partial charge in [0, 0.05) is 0 Å². The van der Waals surface area contributed by atoms with Crippen LogP contribution in [0.3, 0.4) is 0 Å². The molecule has 0 aliphatic rings. The van der Waals surface area contributed by atoms with E-state index >= 15 is 0 Å². The number of carbonyl (C=O) groups is 1. The summed E-state index contributed by atoms with van der Waals surface area (Å²) in [5.74, 6) is -1.23. The number of aliphatic carboxylic acids is 1. The Labute approximate surface area is 50.1 Å². The van der Waals surface area contributed by atoms with Gasteiger partial charge in [-0.2, -0.15) is 0 Å². The molecule has 6 heteroatoms. The molecule has 0 rings (SSSR count). The Hall–Kier alpha value is -1.59. The summed E-state index contributed by atoms with van der Waals surface area (Å²) < 4.78 is 0. The molecule has 0 saturated heterocycles. The number of carbonyl (C=O) groups excluding carboxylic acids is 1. The minimum atomic E-state index is -1.75. The Morgan fingerprint density at radius 2 is 1.67 bits per heavy atom. The molecular formula is C3H3NO5-2. The van der Waals surface area contributed by atoms with Crippen LogP contribution in [0, 0.1) is 15.3 Å². The van der Waals surface area contributed by atoms with Crippen LogP contribution in [0.5, 0.6) is 0 Å². The Morgan fingerprint density at radius 1 is 1.56 bits per heavy atom. The van der Waals surface area contributed by atoms with Crippen LogP contribution in [-0.4, -0.2) is 11.1 Å². The van der Waals surface area contributed by atoms with Gasteiger partial charge in [-0.25, -0.2) is 0 Å². The van der Waals surface area contributed by atoms with Crippen LogP contribution in [0.2, 0.25) is 0 Å². The number of rotatable bonds is 1. The second kappa shape index (κ2) is 6.41. The lowest BCUT2D eigenvalue weighted by atomic mass is 10.7. The first kappa shape index (κ1) is 10.4. The predicted octanol–water partition coefficient (Wildman–Crippen LogP) is -1.32. The topological polar surface area (TPSA) is 106 Å². The van der Waals surface area contributed by atoms with E-state index in [-0.39, 0.29) is 0 Å². The molecule has 0 aliphatic carbocycles. The summed E-state index contributed by atoms with van der Waals surface area (Å²) in [6.07, 6.45) is 0.722. The number of hydrogen-bond donors (Lipinski definition) is 0. The van der Waals surface area contributed by atoms with Gasteiger partial charge in [-0.3, -0.25) is 0 Å². The lowest BCUT2D eigenvalue weighted by molar-refractivity contribution is -0.402. The third-order valence-corrected chi connectivity index (χ3v) is 0.167. The Kier molecular flexibility index (Phi) is 7.41. The second-order valence-corrected chi connectivity index (χ2v) is 0.747. The van der Waals surface area contributed by atoms with E-state index in [2.05, 4.69) is 6.58 Å².